The number of rotatable bonds is 6. The predicted octanol–water partition coefficient (Wildman–Crippen LogP) is 3.17. The van der Waals surface area contributed by atoms with Crippen molar-refractivity contribution >= 4 is 18.2 Å². The fraction of sp³-hybridized carbons (Fsp3) is 0.105. The molecule has 3 rings (SSSR count). The maximum atomic E-state index is 12.8. The third-order valence-electron chi connectivity index (χ3n) is 3.62. The van der Waals surface area contributed by atoms with Crippen LogP contribution in [0.1, 0.15) is 11.1 Å². The van der Waals surface area contributed by atoms with E-state index in [1.54, 1.807) is 6.08 Å². The summed E-state index contributed by atoms with van der Waals surface area (Å²) in [5.41, 5.74) is 2.61. The summed E-state index contributed by atoms with van der Waals surface area (Å²) in [7, 11) is 0. The number of carbonyl (C=O) groups is 1. The van der Waals surface area contributed by atoms with Crippen LogP contribution in [0.2, 0.25) is 0 Å². The monoisotopic (exact) mass is 400 g/mol. The summed E-state index contributed by atoms with van der Waals surface area (Å²) in [6.45, 7) is -0.286. The summed E-state index contributed by atoms with van der Waals surface area (Å²) in [5.74, 6) is -0.527. The Morgan fingerprint density at radius 2 is 1.93 bits per heavy atom. The highest BCUT2D eigenvalue weighted by Gasteiger charge is 2.30. The third-order valence-corrected chi connectivity index (χ3v) is 3.62. The molecular weight excluding hydrogens is 385 g/mol. The molecule has 0 bridgehead atoms. The molecule has 0 unspecified atom stereocenters. The highest BCUT2D eigenvalue weighted by Crippen LogP contribution is 2.31. The van der Waals surface area contributed by atoms with Crippen LogP contribution in [-0.4, -0.2) is 32.3 Å². The van der Waals surface area contributed by atoms with Gasteiger partial charge in [0, 0.05) is 11.8 Å². The molecule has 0 atom stereocenters. The summed E-state index contributed by atoms with van der Waals surface area (Å²) in [5, 5.41) is 15.1. The number of aromatic nitrogens is 4. The number of hydrazone groups is 1. The van der Waals surface area contributed by atoms with Gasteiger partial charge in [-0.2, -0.15) is 23.1 Å². The van der Waals surface area contributed by atoms with Crippen LogP contribution in [0, 0.1) is 0 Å². The average molecular weight is 400 g/mol. The van der Waals surface area contributed by atoms with Crippen molar-refractivity contribution in [1.82, 2.24) is 25.6 Å². The lowest BCUT2D eigenvalue weighted by Gasteiger charge is -2.06. The highest BCUT2D eigenvalue weighted by atomic mass is 19.4. The van der Waals surface area contributed by atoms with Crippen molar-refractivity contribution in [3.8, 4) is 11.4 Å². The van der Waals surface area contributed by atoms with E-state index < -0.39 is 17.6 Å². The number of amides is 1. The molecule has 1 heterocycles. The van der Waals surface area contributed by atoms with E-state index in [1.807, 2.05) is 36.4 Å². The Hall–Kier alpha value is -3.82. The number of hydrogen-bond acceptors (Lipinski definition) is 5. The zero-order chi connectivity index (χ0) is 20.7. The van der Waals surface area contributed by atoms with Crippen molar-refractivity contribution in [3.63, 3.8) is 0 Å². The van der Waals surface area contributed by atoms with E-state index in [0.717, 1.165) is 22.5 Å². The van der Waals surface area contributed by atoms with Crippen LogP contribution < -0.4 is 5.43 Å². The Bertz CT molecular complexity index is 1030. The zero-order valence-corrected chi connectivity index (χ0v) is 14.9. The smallest absolute Gasteiger partial charge is 0.271 e. The number of nitrogens with zero attached hydrogens (tertiary/aromatic N) is 5. The molecule has 3 aromatic rings. The van der Waals surface area contributed by atoms with Gasteiger partial charge in [0.05, 0.1) is 5.56 Å². The molecule has 0 spiro atoms. The number of alkyl halides is 3. The normalized spacial score (nSPS) is 12.0. The van der Waals surface area contributed by atoms with Gasteiger partial charge < -0.3 is 0 Å². The molecule has 0 radical (unpaired) electrons. The maximum absolute atomic E-state index is 12.8. The van der Waals surface area contributed by atoms with Gasteiger partial charge in [0.2, 0.25) is 5.82 Å². The largest absolute Gasteiger partial charge is 0.416 e. The Labute approximate surface area is 163 Å². The minimum atomic E-state index is -4.47. The average Bonchev–Trinajstić information content (AvgIpc) is 3.16. The minimum absolute atomic E-state index is 0.0156. The molecule has 7 nitrogen and oxygen atoms in total. The molecular formula is C19H15F3N6O. The fourth-order valence-corrected chi connectivity index (χ4v) is 2.29. The van der Waals surface area contributed by atoms with Gasteiger partial charge in [-0.1, -0.05) is 48.5 Å². The second kappa shape index (κ2) is 8.91. The highest BCUT2D eigenvalue weighted by molar-refractivity contribution is 5.81. The van der Waals surface area contributed by atoms with Crippen molar-refractivity contribution in [3.05, 3.63) is 71.8 Å². The molecule has 0 aliphatic rings. The summed E-state index contributed by atoms with van der Waals surface area (Å²) < 4.78 is 38.4. The molecule has 2 aromatic carbocycles. The lowest BCUT2D eigenvalue weighted by molar-refractivity contribution is -0.137. The lowest BCUT2D eigenvalue weighted by atomic mass is 10.1. The first-order valence-electron chi connectivity index (χ1n) is 8.41. The standard InChI is InChI=1S/C19H15F3N6O/c20-19(21,22)16-10-4-9-15(12-16)18-25-27-28(26-18)13-17(29)24-23-11-5-8-14-6-2-1-3-7-14/h1-12H,13H2,(H,24,29)/b8-5+,23-11-. The number of halogens is 3. The van der Waals surface area contributed by atoms with Crippen LogP contribution in [0.3, 0.4) is 0 Å². The van der Waals surface area contributed by atoms with E-state index in [0.29, 0.717) is 0 Å². The molecule has 1 N–H and O–H groups in total. The van der Waals surface area contributed by atoms with E-state index in [2.05, 4.69) is 25.9 Å². The van der Waals surface area contributed by atoms with Crippen molar-refractivity contribution < 1.29 is 18.0 Å². The number of benzene rings is 2. The van der Waals surface area contributed by atoms with Gasteiger partial charge in [-0.05, 0) is 29.0 Å². The molecule has 1 amide bonds. The summed E-state index contributed by atoms with van der Waals surface area (Å²) >= 11 is 0. The SMILES string of the molecule is O=C(Cn1nnc(-c2cccc(C(F)(F)F)c2)n1)N/N=C\C=C\c1ccccc1. The first-order chi connectivity index (χ1) is 13.9. The van der Waals surface area contributed by atoms with Crippen molar-refractivity contribution in [2.75, 3.05) is 0 Å². The molecule has 0 saturated carbocycles. The van der Waals surface area contributed by atoms with Gasteiger partial charge in [-0.3, -0.25) is 4.79 Å². The zero-order valence-electron chi connectivity index (χ0n) is 14.9. The van der Waals surface area contributed by atoms with E-state index >= 15 is 0 Å². The Balaban J connectivity index is 1.55. The van der Waals surface area contributed by atoms with Gasteiger partial charge in [-0.25, -0.2) is 5.43 Å². The maximum Gasteiger partial charge on any atom is 0.416 e. The molecule has 29 heavy (non-hydrogen) atoms. The predicted molar refractivity (Wildman–Crippen MR) is 100 cm³/mol. The molecule has 1 aromatic heterocycles. The summed E-state index contributed by atoms with van der Waals surface area (Å²) in [6, 6.07) is 14.1. The second-order valence-electron chi connectivity index (χ2n) is 5.80. The topological polar surface area (TPSA) is 85.1 Å². The number of carbonyl (C=O) groups excluding carboxylic acids is 1. The van der Waals surface area contributed by atoms with Crippen molar-refractivity contribution in [2.45, 2.75) is 12.7 Å². The van der Waals surface area contributed by atoms with Gasteiger partial charge in [0.1, 0.15) is 6.54 Å². The molecule has 0 aliphatic heterocycles. The van der Waals surface area contributed by atoms with E-state index in [9.17, 15) is 18.0 Å². The first kappa shape index (κ1) is 19.9. The number of nitrogens with one attached hydrogen (secondary N) is 1. The van der Waals surface area contributed by atoms with Crippen LogP contribution in [0.25, 0.3) is 17.5 Å². The number of allylic oxidation sites excluding steroid dienone is 1. The van der Waals surface area contributed by atoms with Gasteiger partial charge in [-0.15, -0.1) is 10.2 Å². The summed E-state index contributed by atoms with van der Waals surface area (Å²) in [6.07, 6.45) is 0.414. The molecule has 10 heteroatoms. The van der Waals surface area contributed by atoms with E-state index in [-0.39, 0.29) is 17.9 Å². The van der Waals surface area contributed by atoms with Gasteiger partial charge in [0.15, 0.2) is 0 Å². The van der Waals surface area contributed by atoms with Gasteiger partial charge >= 0.3 is 6.18 Å². The minimum Gasteiger partial charge on any atom is -0.271 e. The Kier molecular flexibility index (Phi) is 6.12. The summed E-state index contributed by atoms with van der Waals surface area (Å²) in [4.78, 5) is 12.8. The van der Waals surface area contributed by atoms with Crippen LogP contribution in [0.5, 0.6) is 0 Å². The Morgan fingerprint density at radius 3 is 2.69 bits per heavy atom. The quantitative estimate of drug-likeness (QED) is 0.509. The van der Waals surface area contributed by atoms with E-state index in [4.69, 9.17) is 0 Å². The lowest BCUT2D eigenvalue weighted by Crippen LogP contribution is -2.24. The molecule has 0 saturated heterocycles. The third kappa shape index (κ3) is 5.83. The first-order valence-corrected chi connectivity index (χ1v) is 8.41. The van der Waals surface area contributed by atoms with Crippen LogP contribution in [0.4, 0.5) is 13.2 Å². The second-order valence-corrected chi connectivity index (χ2v) is 5.80. The molecule has 0 aliphatic carbocycles. The van der Waals surface area contributed by atoms with Crippen LogP contribution in [0.15, 0.2) is 65.8 Å². The number of hydrogen-bond donors (Lipinski definition) is 1. The molecule has 0 fully saturated rings. The molecule has 148 valence electrons. The van der Waals surface area contributed by atoms with Crippen LogP contribution >= 0.6 is 0 Å². The number of tetrazole rings is 1. The fourth-order valence-electron chi connectivity index (χ4n) is 2.29. The van der Waals surface area contributed by atoms with E-state index in [1.165, 1.54) is 18.3 Å². The van der Waals surface area contributed by atoms with Crippen molar-refractivity contribution in [1.29, 1.82) is 0 Å². The van der Waals surface area contributed by atoms with Crippen molar-refractivity contribution in [2.24, 2.45) is 5.10 Å². The van der Waals surface area contributed by atoms with Crippen LogP contribution in [-0.2, 0) is 17.5 Å². The Morgan fingerprint density at radius 1 is 1.14 bits per heavy atom. The van der Waals surface area contributed by atoms with Gasteiger partial charge in [0.25, 0.3) is 5.91 Å².